The van der Waals surface area contributed by atoms with Crippen LogP contribution in [-0.4, -0.2) is 4.98 Å². The summed E-state index contributed by atoms with van der Waals surface area (Å²) in [5.74, 6) is 0.546. The number of aryl methyl sites for hydroxylation is 1. The van der Waals surface area contributed by atoms with Crippen molar-refractivity contribution in [3.05, 3.63) is 30.0 Å². The maximum absolute atomic E-state index is 5.88. The zero-order chi connectivity index (χ0) is 10.1. The number of rotatable bonds is 1. The van der Waals surface area contributed by atoms with E-state index in [4.69, 9.17) is 11.5 Å². The minimum atomic E-state index is 0.546. The van der Waals surface area contributed by atoms with E-state index in [1.54, 1.807) is 6.20 Å². The third-order valence-electron chi connectivity index (χ3n) is 2.44. The minimum absolute atomic E-state index is 0.546. The average Bonchev–Trinajstić information content (AvgIpc) is 2.23. The maximum atomic E-state index is 5.88. The summed E-state index contributed by atoms with van der Waals surface area (Å²) in [5, 5.41) is 1.99. The first-order valence-corrected chi connectivity index (χ1v) is 4.65. The Labute approximate surface area is 82.7 Å². The summed E-state index contributed by atoms with van der Waals surface area (Å²) in [4.78, 5) is 4.04. The molecule has 2 rings (SSSR count). The van der Waals surface area contributed by atoms with Crippen molar-refractivity contribution in [3.63, 3.8) is 0 Å². The molecule has 0 aliphatic rings. The Morgan fingerprint density at radius 1 is 1.29 bits per heavy atom. The van der Waals surface area contributed by atoms with Crippen LogP contribution in [0, 0.1) is 0 Å². The molecule has 0 bridgehead atoms. The van der Waals surface area contributed by atoms with Gasteiger partial charge in [-0.05, 0) is 12.0 Å². The van der Waals surface area contributed by atoms with Gasteiger partial charge in [0.25, 0.3) is 0 Å². The van der Waals surface area contributed by atoms with Crippen LogP contribution < -0.4 is 11.5 Å². The van der Waals surface area contributed by atoms with Crippen molar-refractivity contribution < 1.29 is 0 Å². The Hall–Kier alpha value is -1.77. The minimum Gasteiger partial charge on any atom is -0.397 e. The molecule has 0 aliphatic carbocycles. The molecule has 3 heteroatoms. The summed E-state index contributed by atoms with van der Waals surface area (Å²) in [6.45, 7) is 2.10. The number of nitrogens with two attached hydrogens (primary N) is 2. The Balaban J connectivity index is 2.92. The van der Waals surface area contributed by atoms with E-state index in [2.05, 4.69) is 18.0 Å². The summed E-state index contributed by atoms with van der Waals surface area (Å²) >= 11 is 0. The van der Waals surface area contributed by atoms with Crippen molar-refractivity contribution in [1.82, 2.24) is 4.98 Å². The van der Waals surface area contributed by atoms with Crippen molar-refractivity contribution in [1.29, 1.82) is 0 Å². The maximum Gasteiger partial charge on any atom is 0.131 e. The van der Waals surface area contributed by atoms with Crippen LogP contribution in [0.15, 0.2) is 24.4 Å². The molecule has 0 atom stereocenters. The summed E-state index contributed by atoms with van der Waals surface area (Å²) in [6.07, 6.45) is 2.57. The van der Waals surface area contributed by atoms with Gasteiger partial charge in [0.15, 0.2) is 0 Å². The van der Waals surface area contributed by atoms with E-state index in [1.807, 2.05) is 12.1 Å². The fourth-order valence-corrected chi connectivity index (χ4v) is 1.72. The molecule has 0 unspecified atom stereocenters. The lowest BCUT2D eigenvalue weighted by molar-refractivity contribution is 1.16. The van der Waals surface area contributed by atoms with Crippen LogP contribution in [0.4, 0.5) is 11.5 Å². The van der Waals surface area contributed by atoms with Gasteiger partial charge in [-0.2, -0.15) is 0 Å². The number of hydrogen-bond acceptors (Lipinski definition) is 3. The Kier molecular flexibility index (Phi) is 2.00. The lowest BCUT2D eigenvalue weighted by atomic mass is 10.0. The molecule has 0 saturated heterocycles. The van der Waals surface area contributed by atoms with Crippen molar-refractivity contribution in [2.45, 2.75) is 13.3 Å². The molecule has 14 heavy (non-hydrogen) atoms. The number of nitrogen functional groups attached to an aromatic ring is 2. The number of benzene rings is 1. The molecular weight excluding hydrogens is 174 g/mol. The van der Waals surface area contributed by atoms with Gasteiger partial charge in [-0.3, -0.25) is 0 Å². The number of pyridine rings is 1. The highest BCUT2D eigenvalue weighted by Crippen LogP contribution is 2.27. The fraction of sp³-hybridized carbons (Fsp3) is 0.182. The zero-order valence-electron chi connectivity index (χ0n) is 8.12. The van der Waals surface area contributed by atoms with E-state index >= 15 is 0 Å². The Bertz CT molecular complexity index is 477. The molecule has 0 radical (unpaired) electrons. The smallest absolute Gasteiger partial charge is 0.131 e. The SMILES string of the molecule is CCc1cccc2c(N)ncc(N)c12. The third kappa shape index (κ3) is 1.18. The van der Waals surface area contributed by atoms with Gasteiger partial charge in [-0.25, -0.2) is 4.98 Å². The molecule has 1 aromatic heterocycles. The predicted molar refractivity (Wildman–Crippen MR) is 59.9 cm³/mol. The van der Waals surface area contributed by atoms with E-state index in [9.17, 15) is 0 Å². The molecule has 0 fully saturated rings. The van der Waals surface area contributed by atoms with Crippen LogP contribution >= 0.6 is 0 Å². The predicted octanol–water partition coefficient (Wildman–Crippen LogP) is 1.96. The average molecular weight is 187 g/mol. The van der Waals surface area contributed by atoms with Crippen LogP contribution in [0.3, 0.4) is 0 Å². The highest BCUT2D eigenvalue weighted by Gasteiger charge is 2.05. The van der Waals surface area contributed by atoms with Crippen molar-refractivity contribution >= 4 is 22.3 Å². The lowest BCUT2D eigenvalue weighted by Crippen LogP contribution is -1.97. The first kappa shape index (κ1) is 8.81. The monoisotopic (exact) mass is 187 g/mol. The Morgan fingerprint density at radius 2 is 2.07 bits per heavy atom. The summed E-state index contributed by atoms with van der Waals surface area (Å²) in [7, 11) is 0. The molecule has 2 aromatic rings. The Morgan fingerprint density at radius 3 is 2.79 bits per heavy atom. The topological polar surface area (TPSA) is 64.9 Å². The molecule has 1 heterocycles. The van der Waals surface area contributed by atoms with Gasteiger partial charge in [0, 0.05) is 10.8 Å². The van der Waals surface area contributed by atoms with E-state index in [1.165, 1.54) is 5.56 Å². The standard InChI is InChI=1S/C11H13N3/c1-2-7-4-3-5-8-10(7)9(12)6-14-11(8)13/h3-6H,2,12H2,1H3,(H2,13,14). The second kappa shape index (κ2) is 3.18. The van der Waals surface area contributed by atoms with Gasteiger partial charge < -0.3 is 11.5 Å². The summed E-state index contributed by atoms with van der Waals surface area (Å²) < 4.78 is 0. The van der Waals surface area contributed by atoms with Gasteiger partial charge >= 0.3 is 0 Å². The van der Waals surface area contributed by atoms with Crippen LogP contribution in [0.1, 0.15) is 12.5 Å². The molecule has 72 valence electrons. The molecule has 0 amide bonds. The van der Waals surface area contributed by atoms with E-state index in [0.717, 1.165) is 17.2 Å². The highest BCUT2D eigenvalue weighted by molar-refractivity contribution is 6.00. The molecule has 0 saturated carbocycles. The first-order valence-electron chi connectivity index (χ1n) is 4.65. The van der Waals surface area contributed by atoms with Crippen LogP contribution in [-0.2, 0) is 6.42 Å². The first-order chi connectivity index (χ1) is 6.74. The summed E-state index contributed by atoms with van der Waals surface area (Å²) in [6, 6.07) is 6.00. The molecular formula is C11H13N3. The largest absolute Gasteiger partial charge is 0.397 e. The molecule has 4 N–H and O–H groups in total. The quantitative estimate of drug-likeness (QED) is 0.717. The second-order valence-corrected chi connectivity index (χ2v) is 3.29. The van der Waals surface area contributed by atoms with Crippen LogP contribution in [0.25, 0.3) is 10.8 Å². The molecule has 3 nitrogen and oxygen atoms in total. The van der Waals surface area contributed by atoms with Gasteiger partial charge in [-0.1, -0.05) is 25.1 Å². The number of aromatic nitrogens is 1. The fourth-order valence-electron chi connectivity index (χ4n) is 1.72. The van der Waals surface area contributed by atoms with Gasteiger partial charge in [0.05, 0.1) is 11.9 Å². The molecule has 0 aliphatic heterocycles. The van der Waals surface area contributed by atoms with E-state index in [0.29, 0.717) is 11.5 Å². The van der Waals surface area contributed by atoms with E-state index in [-0.39, 0.29) is 0 Å². The van der Waals surface area contributed by atoms with Gasteiger partial charge in [-0.15, -0.1) is 0 Å². The third-order valence-corrected chi connectivity index (χ3v) is 2.44. The molecule has 1 aromatic carbocycles. The molecule has 0 spiro atoms. The zero-order valence-corrected chi connectivity index (χ0v) is 8.12. The highest BCUT2D eigenvalue weighted by atomic mass is 14.8. The van der Waals surface area contributed by atoms with Gasteiger partial charge in [0.2, 0.25) is 0 Å². The number of nitrogens with zero attached hydrogens (tertiary/aromatic N) is 1. The number of anilines is 2. The van der Waals surface area contributed by atoms with Crippen LogP contribution in [0.5, 0.6) is 0 Å². The number of fused-ring (bicyclic) bond motifs is 1. The normalized spacial score (nSPS) is 10.6. The van der Waals surface area contributed by atoms with Crippen molar-refractivity contribution in [2.75, 3.05) is 11.5 Å². The van der Waals surface area contributed by atoms with Crippen LogP contribution in [0.2, 0.25) is 0 Å². The van der Waals surface area contributed by atoms with Gasteiger partial charge in [0.1, 0.15) is 5.82 Å². The van der Waals surface area contributed by atoms with E-state index < -0.39 is 0 Å². The van der Waals surface area contributed by atoms with Crippen molar-refractivity contribution in [3.8, 4) is 0 Å². The second-order valence-electron chi connectivity index (χ2n) is 3.29. The van der Waals surface area contributed by atoms with Crippen molar-refractivity contribution in [2.24, 2.45) is 0 Å². The number of hydrogen-bond donors (Lipinski definition) is 2. The lowest BCUT2D eigenvalue weighted by Gasteiger charge is -2.08. The summed E-state index contributed by atoms with van der Waals surface area (Å²) in [5.41, 5.74) is 13.6.